The van der Waals surface area contributed by atoms with E-state index >= 15 is 0 Å². The molecule has 3 aromatic rings. The summed E-state index contributed by atoms with van der Waals surface area (Å²) in [5, 5.41) is 8.87. The van der Waals surface area contributed by atoms with Gasteiger partial charge in [-0.1, -0.05) is 0 Å². The van der Waals surface area contributed by atoms with Crippen LogP contribution in [0.2, 0.25) is 0 Å². The van der Waals surface area contributed by atoms with Gasteiger partial charge in [0, 0.05) is 6.07 Å². The Morgan fingerprint density at radius 1 is 1.42 bits per heavy atom. The Morgan fingerprint density at radius 2 is 2.21 bits per heavy atom. The van der Waals surface area contributed by atoms with Crippen LogP contribution in [0.15, 0.2) is 28.1 Å². The standard InChI is InChI=1S/C12H6BrFN2O2S/c13-10-2-1-9(19-10)11-15-7-3-5(12(17)18)6(14)4-8(7)16-11/h1-4H,(H,15,16)(H,17,18). The minimum atomic E-state index is -1.30. The van der Waals surface area contributed by atoms with Crippen LogP contribution in [-0.4, -0.2) is 21.0 Å². The molecular weight excluding hydrogens is 335 g/mol. The number of aromatic carboxylic acids is 1. The Bertz CT molecular complexity index is 796. The van der Waals surface area contributed by atoms with E-state index in [4.69, 9.17) is 5.11 Å². The number of halogens is 2. The van der Waals surface area contributed by atoms with E-state index < -0.39 is 11.8 Å². The number of imidazole rings is 1. The van der Waals surface area contributed by atoms with Crippen molar-refractivity contribution in [2.45, 2.75) is 0 Å². The van der Waals surface area contributed by atoms with E-state index in [1.54, 1.807) is 0 Å². The van der Waals surface area contributed by atoms with E-state index in [1.807, 2.05) is 12.1 Å². The quantitative estimate of drug-likeness (QED) is 0.743. The van der Waals surface area contributed by atoms with Gasteiger partial charge in [-0.15, -0.1) is 11.3 Å². The molecule has 0 fully saturated rings. The molecule has 2 N–H and O–H groups in total. The Balaban J connectivity index is 2.18. The van der Waals surface area contributed by atoms with Crippen LogP contribution in [0, 0.1) is 5.82 Å². The van der Waals surface area contributed by atoms with Gasteiger partial charge in [0.05, 0.1) is 25.3 Å². The number of carboxylic acid groups (broad SMARTS) is 1. The maximum Gasteiger partial charge on any atom is 0.338 e. The van der Waals surface area contributed by atoms with Crippen molar-refractivity contribution in [2.24, 2.45) is 0 Å². The number of fused-ring (bicyclic) bond motifs is 1. The fourth-order valence-electron chi connectivity index (χ4n) is 1.75. The highest BCUT2D eigenvalue weighted by Gasteiger charge is 2.15. The lowest BCUT2D eigenvalue weighted by molar-refractivity contribution is 0.0692. The van der Waals surface area contributed by atoms with Crippen LogP contribution < -0.4 is 0 Å². The van der Waals surface area contributed by atoms with Crippen molar-refractivity contribution in [1.82, 2.24) is 9.97 Å². The number of hydrogen-bond donors (Lipinski definition) is 2. The maximum atomic E-state index is 13.6. The largest absolute Gasteiger partial charge is 0.478 e. The molecule has 2 aromatic heterocycles. The third kappa shape index (κ3) is 2.15. The van der Waals surface area contributed by atoms with Gasteiger partial charge in [-0.25, -0.2) is 14.2 Å². The summed E-state index contributed by atoms with van der Waals surface area (Å²) in [6.45, 7) is 0. The number of aromatic nitrogens is 2. The summed E-state index contributed by atoms with van der Waals surface area (Å²) in [5.74, 6) is -1.49. The number of benzene rings is 1. The SMILES string of the molecule is O=C(O)c1cc2nc(-c3ccc(Br)s3)[nH]c2cc1F. The van der Waals surface area contributed by atoms with Gasteiger partial charge in [0.15, 0.2) is 0 Å². The zero-order valence-electron chi connectivity index (χ0n) is 9.28. The van der Waals surface area contributed by atoms with Crippen molar-refractivity contribution in [3.8, 4) is 10.7 Å². The number of carboxylic acids is 1. The highest BCUT2D eigenvalue weighted by atomic mass is 79.9. The first-order valence-corrected chi connectivity index (χ1v) is 6.84. The number of aromatic amines is 1. The van der Waals surface area contributed by atoms with E-state index in [2.05, 4.69) is 25.9 Å². The summed E-state index contributed by atoms with van der Waals surface area (Å²) >= 11 is 4.84. The maximum absolute atomic E-state index is 13.6. The van der Waals surface area contributed by atoms with Crippen LogP contribution in [0.4, 0.5) is 4.39 Å². The zero-order valence-corrected chi connectivity index (χ0v) is 11.7. The molecule has 2 heterocycles. The topological polar surface area (TPSA) is 66.0 Å². The number of H-pyrrole nitrogens is 1. The molecule has 3 rings (SSSR count). The first kappa shape index (κ1) is 12.3. The number of hydrogen-bond acceptors (Lipinski definition) is 3. The molecule has 0 unspecified atom stereocenters. The molecule has 0 saturated carbocycles. The molecule has 0 spiro atoms. The molecule has 0 aliphatic heterocycles. The van der Waals surface area contributed by atoms with Crippen LogP contribution in [0.5, 0.6) is 0 Å². The second-order valence-corrected chi connectivity index (χ2v) is 6.31. The number of rotatable bonds is 2. The van der Waals surface area contributed by atoms with Crippen LogP contribution in [0.3, 0.4) is 0 Å². The summed E-state index contributed by atoms with van der Waals surface area (Å²) < 4.78 is 14.5. The minimum Gasteiger partial charge on any atom is -0.478 e. The first-order valence-electron chi connectivity index (χ1n) is 5.23. The number of carbonyl (C=O) groups is 1. The van der Waals surface area contributed by atoms with E-state index in [1.165, 1.54) is 17.4 Å². The molecule has 0 atom stereocenters. The molecule has 0 aliphatic carbocycles. The lowest BCUT2D eigenvalue weighted by atomic mass is 10.2. The lowest BCUT2D eigenvalue weighted by Crippen LogP contribution is -1.99. The first-order chi connectivity index (χ1) is 9.04. The van der Waals surface area contributed by atoms with Gasteiger partial charge in [-0.2, -0.15) is 0 Å². The highest BCUT2D eigenvalue weighted by Crippen LogP contribution is 2.31. The Hall–Kier alpha value is -1.73. The van der Waals surface area contributed by atoms with Crippen molar-refractivity contribution in [1.29, 1.82) is 0 Å². The van der Waals surface area contributed by atoms with Crippen LogP contribution in [0.25, 0.3) is 21.7 Å². The van der Waals surface area contributed by atoms with Gasteiger partial charge in [-0.05, 0) is 34.1 Å². The van der Waals surface area contributed by atoms with E-state index in [0.29, 0.717) is 16.9 Å². The molecule has 0 bridgehead atoms. The Labute approximate surface area is 119 Å². The molecule has 7 heteroatoms. The van der Waals surface area contributed by atoms with Gasteiger partial charge in [0.25, 0.3) is 0 Å². The zero-order chi connectivity index (χ0) is 13.6. The summed E-state index contributed by atoms with van der Waals surface area (Å²) in [7, 11) is 0. The smallest absolute Gasteiger partial charge is 0.338 e. The van der Waals surface area contributed by atoms with Gasteiger partial charge >= 0.3 is 5.97 Å². The molecular formula is C12H6BrFN2O2S. The van der Waals surface area contributed by atoms with E-state index in [9.17, 15) is 9.18 Å². The van der Waals surface area contributed by atoms with E-state index in [-0.39, 0.29) is 5.56 Å². The summed E-state index contributed by atoms with van der Waals surface area (Å²) in [6.07, 6.45) is 0. The van der Waals surface area contributed by atoms with Gasteiger partial charge in [0.2, 0.25) is 0 Å². The van der Waals surface area contributed by atoms with Crippen molar-refractivity contribution < 1.29 is 14.3 Å². The average molecular weight is 341 g/mol. The molecule has 0 radical (unpaired) electrons. The number of thiophene rings is 1. The monoisotopic (exact) mass is 340 g/mol. The highest BCUT2D eigenvalue weighted by molar-refractivity contribution is 9.11. The molecule has 0 saturated heterocycles. The predicted octanol–water partition coefficient (Wildman–Crippen LogP) is 3.89. The number of nitrogens with zero attached hydrogens (tertiary/aromatic N) is 1. The van der Waals surface area contributed by atoms with Gasteiger partial charge < -0.3 is 10.1 Å². The molecule has 19 heavy (non-hydrogen) atoms. The van der Waals surface area contributed by atoms with Gasteiger partial charge in [0.1, 0.15) is 11.6 Å². The summed E-state index contributed by atoms with van der Waals surface area (Å²) in [4.78, 5) is 19.0. The summed E-state index contributed by atoms with van der Waals surface area (Å²) in [5.41, 5.74) is 0.526. The van der Waals surface area contributed by atoms with Crippen molar-refractivity contribution in [2.75, 3.05) is 0 Å². The normalized spacial score (nSPS) is 11.1. The predicted molar refractivity (Wildman–Crippen MR) is 74.0 cm³/mol. The summed E-state index contributed by atoms with van der Waals surface area (Å²) in [6, 6.07) is 6.14. The Kier molecular flexibility index (Phi) is 2.87. The molecule has 96 valence electrons. The Morgan fingerprint density at radius 3 is 2.84 bits per heavy atom. The molecule has 1 aromatic carbocycles. The fourth-order valence-corrected chi connectivity index (χ4v) is 3.08. The minimum absolute atomic E-state index is 0.377. The third-order valence-electron chi connectivity index (χ3n) is 2.61. The molecule has 4 nitrogen and oxygen atoms in total. The van der Waals surface area contributed by atoms with Crippen molar-refractivity contribution >= 4 is 44.3 Å². The third-order valence-corrected chi connectivity index (χ3v) is 4.24. The van der Waals surface area contributed by atoms with Crippen LogP contribution in [0.1, 0.15) is 10.4 Å². The molecule has 0 amide bonds. The van der Waals surface area contributed by atoms with Gasteiger partial charge in [-0.3, -0.25) is 0 Å². The molecule has 0 aliphatic rings. The second kappa shape index (κ2) is 4.43. The van der Waals surface area contributed by atoms with Crippen molar-refractivity contribution in [3.63, 3.8) is 0 Å². The number of nitrogens with one attached hydrogen (secondary N) is 1. The average Bonchev–Trinajstić information content (AvgIpc) is 2.93. The van der Waals surface area contributed by atoms with E-state index in [0.717, 1.165) is 14.7 Å². The van der Waals surface area contributed by atoms with Crippen LogP contribution in [-0.2, 0) is 0 Å². The fraction of sp³-hybridized carbons (Fsp3) is 0. The lowest BCUT2D eigenvalue weighted by Gasteiger charge is -1.95. The van der Waals surface area contributed by atoms with Crippen LogP contribution >= 0.6 is 27.3 Å². The van der Waals surface area contributed by atoms with Crippen molar-refractivity contribution in [3.05, 3.63) is 39.4 Å². The second-order valence-electron chi connectivity index (χ2n) is 3.84.